The number of hydrogen-bond acceptors (Lipinski definition) is 6. The lowest BCUT2D eigenvalue weighted by Crippen LogP contribution is -2.52. The fraction of sp³-hybridized carbons (Fsp3) is 0.524. The van der Waals surface area contributed by atoms with E-state index in [0.29, 0.717) is 19.4 Å². The molecule has 2 saturated heterocycles. The number of amides is 3. The molecule has 2 aliphatic heterocycles. The summed E-state index contributed by atoms with van der Waals surface area (Å²) in [6.07, 6.45) is 0.137. The second-order valence-electron chi connectivity index (χ2n) is 7.77. The van der Waals surface area contributed by atoms with Gasteiger partial charge in [0.05, 0.1) is 29.7 Å². The summed E-state index contributed by atoms with van der Waals surface area (Å²) in [5.74, 6) is -1.65. The third kappa shape index (κ3) is 5.74. The van der Waals surface area contributed by atoms with E-state index in [2.05, 4.69) is 10.6 Å². The highest BCUT2D eigenvalue weighted by Crippen LogP contribution is 2.21. The van der Waals surface area contributed by atoms with Crippen LogP contribution in [0.5, 0.6) is 0 Å². The number of esters is 1. The zero-order valence-corrected chi connectivity index (χ0v) is 18.2. The highest BCUT2D eigenvalue weighted by Gasteiger charge is 2.41. The van der Waals surface area contributed by atoms with Crippen LogP contribution in [0.2, 0.25) is 5.02 Å². The van der Waals surface area contributed by atoms with Gasteiger partial charge in [0.15, 0.2) is 0 Å². The molecule has 0 unspecified atom stereocenters. The molecule has 1 aromatic carbocycles. The molecule has 2 fully saturated rings. The van der Waals surface area contributed by atoms with Crippen molar-refractivity contribution < 1.29 is 28.7 Å². The third-order valence-electron chi connectivity index (χ3n) is 5.09. The van der Waals surface area contributed by atoms with E-state index in [0.717, 1.165) is 0 Å². The molecule has 2 aliphatic rings. The highest BCUT2D eigenvalue weighted by atomic mass is 35.5. The molecule has 1 aromatic rings. The lowest BCUT2D eigenvalue weighted by Gasteiger charge is -2.27. The number of carbonyl (C=O) groups is 4. The molecule has 0 saturated carbocycles. The van der Waals surface area contributed by atoms with Gasteiger partial charge in [-0.25, -0.2) is 0 Å². The molecule has 0 radical (unpaired) electrons. The van der Waals surface area contributed by atoms with Crippen molar-refractivity contribution in [2.75, 3.05) is 13.1 Å². The number of likely N-dealkylation sites (tertiary alicyclic amines) is 1. The smallest absolute Gasteiger partial charge is 0.310 e. The summed E-state index contributed by atoms with van der Waals surface area (Å²) in [7, 11) is 0. The van der Waals surface area contributed by atoms with E-state index in [4.69, 9.17) is 21.1 Å². The maximum atomic E-state index is 12.8. The van der Waals surface area contributed by atoms with E-state index in [1.54, 1.807) is 38.1 Å². The summed E-state index contributed by atoms with van der Waals surface area (Å²) in [6.45, 7) is 3.77. The lowest BCUT2D eigenvalue weighted by molar-refractivity contribution is -0.173. The van der Waals surface area contributed by atoms with Gasteiger partial charge in [0, 0.05) is 6.54 Å². The molecule has 0 bridgehead atoms. The van der Waals surface area contributed by atoms with Gasteiger partial charge in [-0.05, 0) is 38.8 Å². The molecule has 10 heteroatoms. The standard InChI is InChI=1S/C21H26ClN3O6/c1-12(2)30-21-15(10-18(27)31-21)24-20(29)16-8-5-9-25(16)17(26)11-23-19(28)13-6-3-4-7-14(13)22/h3-4,6-7,12,15-16,21H,5,8-11H2,1-2H3,(H,23,28)(H,24,29)/t15-,16-,21+/m0/s1. The van der Waals surface area contributed by atoms with Gasteiger partial charge >= 0.3 is 5.97 Å². The Labute approximate surface area is 185 Å². The zero-order chi connectivity index (χ0) is 22.5. The minimum Gasteiger partial charge on any atom is -0.433 e. The summed E-state index contributed by atoms with van der Waals surface area (Å²) in [5.41, 5.74) is 0.273. The molecule has 31 heavy (non-hydrogen) atoms. The fourth-order valence-electron chi connectivity index (χ4n) is 3.66. The van der Waals surface area contributed by atoms with Crippen LogP contribution < -0.4 is 10.6 Å². The summed E-state index contributed by atoms with van der Waals surface area (Å²) >= 11 is 6.01. The van der Waals surface area contributed by atoms with Crippen molar-refractivity contribution in [3.63, 3.8) is 0 Å². The molecular formula is C21H26ClN3O6. The fourth-order valence-corrected chi connectivity index (χ4v) is 3.88. The van der Waals surface area contributed by atoms with Crippen molar-refractivity contribution in [3.8, 4) is 0 Å². The first-order valence-corrected chi connectivity index (χ1v) is 10.6. The second-order valence-corrected chi connectivity index (χ2v) is 8.18. The van der Waals surface area contributed by atoms with Gasteiger partial charge < -0.3 is 25.0 Å². The zero-order valence-electron chi connectivity index (χ0n) is 17.4. The van der Waals surface area contributed by atoms with Gasteiger partial charge in [0.2, 0.25) is 18.1 Å². The molecule has 0 aromatic heterocycles. The van der Waals surface area contributed by atoms with Gasteiger partial charge in [0.25, 0.3) is 5.91 Å². The molecule has 3 amide bonds. The summed E-state index contributed by atoms with van der Waals surface area (Å²) in [5, 5.41) is 5.62. The van der Waals surface area contributed by atoms with Gasteiger partial charge in [-0.2, -0.15) is 0 Å². The maximum Gasteiger partial charge on any atom is 0.310 e. The van der Waals surface area contributed by atoms with Crippen LogP contribution in [0.25, 0.3) is 0 Å². The van der Waals surface area contributed by atoms with Crippen LogP contribution in [0.3, 0.4) is 0 Å². The van der Waals surface area contributed by atoms with Crippen LogP contribution in [-0.2, 0) is 23.9 Å². The molecule has 3 rings (SSSR count). The van der Waals surface area contributed by atoms with Crippen molar-refractivity contribution in [2.45, 2.75) is 57.6 Å². The van der Waals surface area contributed by atoms with Crippen LogP contribution in [0.15, 0.2) is 24.3 Å². The molecular weight excluding hydrogens is 426 g/mol. The average Bonchev–Trinajstić information content (AvgIpc) is 3.32. The first-order valence-electron chi connectivity index (χ1n) is 10.2. The number of ether oxygens (including phenoxy) is 2. The van der Waals surface area contributed by atoms with E-state index in [9.17, 15) is 19.2 Å². The highest BCUT2D eigenvalue weighted by molar-refractivity contribution is 6.33. The van der Waals surface area contributed by atoms with E-state index >= 15 is 0 Å². The van der Waals surface area contributed by atoms with Crippen LogP contribution in [0.1, 0.15) is 43.5 Å². The minimum absolute atomic E-state index is 0.0116. The number of rotatable bonds is 7. The summed E-state index contributed by atoms with van der Waals surface area (Å²) in [4.78, 5) is 50.9. The van der Waals surface area contributed by atoms with Crippen molar-refractivity contribution in [1.82, 2.24) is 15.5 Å². The topological polar surface area (TPSA) is 114 Å². The Morgan fingerprint density at radius 1 is 1.29 bits per heavy atom. The first kappa shape index (κ1) is 23.0. The molecule has 168 valence electrons. The van der Waals surface area contributed by atoms with Crippen molar-refractivity contribution in [1.29, 1.82) is 0 Å². The van der Waals surface area contributed by atoms with Crippen LogP contribution in [0, 0.1) is 0 Å². The number of carbonyl (C=O) groups excluding carboxylic acids is 4. The average molecular weight is 452 g/mol. The minimum atomic E-state index is -0.850. The molecule has 2 N–H and O–H groups in total. The Balaban J connectivity index is 1.56. The predicted molar refractivity (Wildman–Crippen MR) is 111 cm³/mol. The second kappa shape index (κ2) is 10.1. The number of halogens is 1. The predicted octanol–water partition coefficient (Wildman–Crippen LogP) is 1.24. The lowest BCUT2D eigenvalue weighted by atomic mass is 10.1. The van der Waals surface area contributed by atoms with Gasteiger partial charge in [0.1, 0.15) is 12.1 Å². The Morgan fingerprint density at radius 2 is 2.03 bits per heavy atom. The molecule has 0 aliphatic carbocycles. The Bertz CT molecular complexity index is 861. The quantitative estimate of drug-likeness (QED) is 0.603. The number of nitrogens with zero attached hydrogens (tertiary/aromatic N) is 1. The maximum absolute atomic E-state index is 12.8. The Hall–Kier alpha value is -2.65. The summed E-state index contributed by atoms with van der Waals surface area (Å²) < 4.78 is 10.7. The van der Waals surface area contributed by atoms with Crippen LogP contribution in [0.4, 0.5) is 0 Å². The number of benzene rings is 1. The summed E-state index contributed by atoms with van der Waals surface area (Å²) in [6, 6.07) is 5.25. The van der Waals surface area contributed by atoms with Gasteiger partial charge in [-0.3, -0.25) is 19.2 Å². The number of nitrogens with one attached hydrogen (secondary N) is 2. The Morgan fingerprint density at radius 3 is 2.74 bits per heavy atom. The van der Waals surface area contributed by atoms with Crippen LogP contribution >= 0.6 is 11.6 Å². The number of hydrogen-bond donors (Lipinski definition) is 2. The Kier molecular flexibility index (Phi) is 7.50. The normalized spacial score (nSPS) is 23.0. The monoisotopic (exact) mass is 451 g/mol. The first-order chi connectivity index (χ1) is 14.8. The van der Waals surface area contributed by atoms with Gasteiger partial charge in [-0.1, -0.05) is 23.7 Å². The van der Waals surface area contributed by atoms with E-state index < -0.39 is 30.3 Å². The molecule has 2 heterocycles. The van der Waals surface area contributed by atoms with E-state index in [1.165, 1.54) is 4.90 Å². The molecule has 9 nitrogen and oxygen atoms in total. The van der Waals surface area contributed by atoms with Crippen LogP contribution in [-0.4, -0.2) is 66.2 Å². The van der Waals surface area contributed by atoms with E-state index in [-0.39, 0.29) is 41.5 Å². The molecule has 0 spiro atoms. The molecule has 3 atom stereocenters. The van der Waals surface area contributed by atoms with Crippen molar-refractivity contribution >= 4 is 35.3 Å². The van der Waals surface area contributed by atoms with Gasteiger partial charge in [-0.15, -0.1) is 0 Å². The van der Waals surface area contributed by atoms with Crippen molar-refractivity contribution in [2.24, 2.45) is 0 Å². The SMILES string of the molecule is CC(C)O[C@@H]1OC(=O)C[C@@H]1NC(=O)[C@@H]1CCCN1C(=O)CNC(=O)c1ccccc1Cl. The van der Waals surface area contributed by atoms with Crippen molar-refractivity contribution in [3.05, 3.63) is 34.9 Å². The van der Waals surface area contributed by atoms with E-state index in [1.807, 2.05) is 0 Å². The number of cyclic esters (lactones) is 1. The largest absolute Gasteiger partial charge is 0.433 e. The third-order valence-corrected chi connectivity index (χ3v) is 5.42.